The summed E-state index contributed by atoms with van der Waals surface area (Å²) in [6.45, 7) is 4.19. The van der Waals surface area contributed by atoms with Crippen LogP contribution in [-0.4, -0.2) is 46.1 Å². The summed E-state index contributed by atoms with van der Waals surface area (Å²) in [4.78, 5) is 12.5. The van der Waals surface area contributed by atoms with Gasteiger partial charge in [-0.3, -0.25) is 4.79 Å². The minimum Gasteiger partial charge on any atom is -0.394 e. The Morgan fingerprint density at radius 3 is 1.03 bits per heavy atom. The number of aliphatic hydroxyl groups excluding tert-OH is 3. The smallest absolute Gasteiger partial charge is 0.220 e. The number of carbonyl (C=O) groups excluding carboxylic acids is 1. The largest absolute Gasteiger partial charge is 0.394 e. The third-order valence-corrected chi connectivity index (χ3v) is 12.5. The quantitative estimate of drug-likeness (QED) is 0.0363. The van der Waals surface area contributed by atoms with Gasteiger partial charge in [0.25, 0.3) is 0 Å². The van der Waals surface area contributed by atoms with Crippen LogP contribution in [0.5, 0.6) is 0 Å². The van der Waals surface area contributed by atoms with Gasteiger partial charge in [0.1, 0.15) is 6.10 Å². The molecule has 0 saturated carbocycles. The Morgan fingerprint density at radius 1 is 0.407 bits per heavy atom. The monoisotopic (exact) mass is 832 g/mol. The van der Waals surface area contributed by atoms with Gasteiger partial charge in [0.2, 0.25) is 5.91 Å². The van der Waals surface area contributed by atoms with E-state index in [9.17, 15) is 20.1 Å². The molecule has 0 aromatic rings. The number of unbranched alkanes of at least 4 members (excludes halogenated alkanes) is 37. The second kappa shape index (κ2) is 49.5. The van der Waals surface area contributed by atoms with Crippen molar-refractivity contribution in [3.63, 3.8) is 0 Å². The number of allylic oxidation sites excluding steroid dienone is 4. The number of nitrogens with one attached hydrogen (secondary N) is 1. The van der Waals surface area contributed by atoms with E-state index in [0.29, 0.717) is 12.8 Å². The summed E-state index contributed by atoms with van der Waals surface area (Å²) < 4.78 is 0. The molecule has 0 fully saturated rings. The molecule has 0 bridgehead atoms. The Hall–Kier alpha value is -1.17. The Labute approximate surface area is 369 Å². The molecule has 3 unspecified atom stereocenters. The lowest BCUT2D eigenvalue weighted by Crippen LogP contribution is -2.50. The molecule has 0 spiro atoms. The lowest BCUT2D eigenvalue weighted by Gasteiger charge is -2.26. The lowest BCUT2D eigenvalue weighted by atomic mass is 10.0. The number of aliphatic hydroxyl groups is 3. The topological polar surface area (TPSA) is 89.8 Å². The van der Waals surface area contributed by atoms with E-state index >= 15 is 0 Å². The molecule has 5 nitrogen and oxygen atoms in total. The molecule has 0 aliphatic rings. The van der Waals surface area contributed by atoms with Crippen molar-refractivity contribution in [2.75, 3.05) is 6.61 Å². The van der Waals surface area contributed by atoms with Gasteiger partial charge in [-0.2, -0.15) is 0 Å². The van der Waals surface area contributed by atoms with Gasteiger partial charge < -0.3 is 20.6 Å². The van der Waals surface area contributed by atoms with Gasteiger partial charge in [0.15, 0.2) is 0 Å². The van der Waals surface area contributed by atoms with Gasteiger partial charge >= 0.3 is 0 Å². The van der Waals surface area contributed by atoms with E-state index in [1.165, 1.54) is 218 Å². The SMILES string of the molecule is CCCCCCCCCCC/C=C/CC/C=C/CCCC(O)C(O)C(CO)NC(=O)CCCCCCCCCCCCCCCCCCCCCCCCCCCCC. The van der Waals surface area contributed by atoms with Crippen molar-refractivity contribution in [1.82, 2.24) is 5.32 Å². The van der Waals surface area contributed by atoms with Gasteiger partial charge in [-0.05, 0) is 51.4 Å². The molecule has 0 saturated heterocycles. The van der Waals surface area contributed by atoms with Crippen LogP contribution in [0.15, 0.2) is 24.3 Å². The van der Waals surface area contributed by atoms with Crippen molar-refractivity contribution in [2.24, 2.45) is 0 Å². The van der Waals surface area contributed by atoms with Crippen LogP contribution < -0.4 is 5.32 Å². The molecule has 59 heavy (non-hydrogen) atoms. The highest BCUT2D eigenvalue weighted by Crippen LogP contribution is 2.17. The van der Waals surface area contributed by atoms with Gasteiger partial charge in [0, 0.05) is 6.42 Å². The number of hydrogen-bond acceptors (Lipinski definition) is 4. The summed E-state index contributed by atoms with van der Waals surface area (Å²) in [5, 5.41) is 33.6. The predicted octanol–water partition coefficient (Wildman–Crippen LogP) is 16.1. The van der Waals surface area contributed by atoms with Crippen molar-refractivity contribution in [3.05, 3.63) is 24.3 Å². The average molecular weight is 832 g/mol. The maximum absolute atomic E-state index is 12.5. The van der Waals surface area contributed by atoms with Crippen LogP contribution in [0.3, 0.4) is 0 Å². The predicted molar refractivity (Wildman–Crippen MR) is 259 cm³/mol. The molecular formula is C54H105NO4. The standard InChI is InChI=1S/C54H105NO4/c1-3-5-7-9-11-13-15-17-19-21-23-24-25-26-27-28-29-30-31-33-35-37-39-41-43-45-47-49-53(58)55-51(50-56)54(59)52(57)48-46-44-42-40-38-36-34-32-22-20-18-16-14-12-10-8-6-4-2/h32,34,40,42,51-52,54,56-57,59H,3-31,33,35-39,41,43-50H2,1-2H3,(H,55,58)/b34-32+,42-40+. The fourth-order valence-corrected chi connectivity index (χ4v) is 8.42. The molecule has 350 valence electrons. The molecule has 3 atom stereocenters. The zero-order chi connectivity index (χ0) is 43.0. The van der Waals surface area contributed by atoms with E-state index < -0.39 is 18.2 Å². The maximum atomic E-state index is 12.5. The van der Waals surface area contributed by atoms with Gasteiger partial charge in [0.05, 0.1) is 18.8 Å². The van der Waals surface area contributed by atoms with Crippen molar-refractivity contribution in [1.29, 1.82) is 0 Å². The average Bonchev–Trinajstić information content (AvgIpc) is 3.24. The zero-order valence-corrected chi connectivity index (χ0v) is 39.9. The van der Waals surface area contributed by atoms with E-state index in [0.717, 1.165) is 44.9 Å². The van der Waals surface area contributed by atoms with E-state index in [-0.39, 0.29) is 12.5 Å². The van der Waals surface area contributed by atoms with Crippen LogP contribution in [0.4, 0.5) is 0 Å². The molecule has 0 rings (SSSR count). The molecule has 5 heteroatoms. The van der Waals surface area contributed by atoms with E-state index in [1.807, 2.05) is 0 Å². The van der Waals surface area contributed by atoms with E-state index in [2.05, 4.69) is 43.5 Å². The summed E-state index contributed by atoms with van der Waals surface area (Å²) in [6, 6.07) is -0.829. The molecule has 1 amide bonds. The van der Waals surface area contributed by atoms with Crippen LogP contribution in [0, 0.1) is 0 Å². The van der Waals surface area contributed by atoms with Crippen molar-refractivity contribution >= 4 is 5.91 Å². The van der Waals surface area contributed by atoms with Gasteiger partial charge in [-0.1, -0.05) is 256 Å². The fraction of sp³-hybridized carbons (Fsp3) is 0.907. The molecular weight excluding hydrogens is 727 g/mol. The van der Waals surface area contributed by atoms with Crippen molar-refractivity contribution in [3.8, 4) is 0 Å². The van der Waals surface area contributed by atoms with E-state index in [4.69, 9.17) is 0 Å². The molecule has 0 aliphatic carbocycles. The number of amides is 1. The Balaban J connectivity index is 3.56. The Morgan fingerprint density at radius 2 is 0.695 bits per heavy atom. The second-order valence-corrected chi connectivity index (χ2v) is 18.4. The molecule has 0 heterocycles. The lowest BCUT2D eigenvalue weighted by molar-refractivity contribution is -0.124. The number of carbonyl (C=O) groups is 1. The number of rotatable bonds is 49. The summed E-state index contributed by atoms with van der Waals surface area (Å²) in [6.07, 6.45) is 61.8. The van der Waals surface area contributed by atoms with Crippen molar-refractivity contribution < 1.29 is 20.1 Å². The van der Waals surface area contributed by atoms with Crippen molar-refractivity contribution in [2.45, 2.75) is 308 Å². The molecule has 0 aromatic heterocycles. The first-order valence-electron chi connectivity index (χ1n) is 26.6. The van der Waals surface area contributed by atoms with Crippen LogP contribution in [0.1, 0.15) is 290 Å². The van der Waals surface area contributed by atoms with Crippen LogP contribution in [0.25, 0.3) is 0 Å². The molecule has 0 radical (unpaired) electrons. The highest BCUT2D eigenvalue weighted by Gasteiger charge is 2.26. The first-order valence-corrected chi connectivity index (χ1v) is 26.6. The van der Waals surface area contributed by atoms with E-state index in [1.54, 1.807) is 0 Å². The third-order valence-electron chi connectivity index (χ3n) is 12.5. The molecule has 4 N–H and O–H groups in total. The van der Waals surface area contributed by atoms with Crippen LogP contribution >= 0.6 is 0 Å². The fourth-order valence-electron chi connectivity index (χ4n) is 8.42. The summed E-state index contributed by atoms with van der Waals surface area (Å²) in [5.74, 6) is -0.153. The minimum atomic E-state index is -1.16. The molecule has 0 aliphatic heterocycles. The first-order chi connectivity index (χ1) is 29.1. The number of hydrogen-bond donors (Lipinski definition) is 4. The maximum Gasteiger partial charge on any atom is 0.220 e. The summed E-state index contributed by atoms with van der Waals surface area (Å²) in [5.41, 5.74) is 0. The minimum absolute atomic E-state index is 0.153. The van der Waals surface area contributed by atoms with Gasteiger partial charge in [-0.15, -0.1) is 0 Å². The highest BCUT2D eigenvalue weighted by atomic mass is 16.3. The Bertz CT molecular complexity index is 874. The molecule has 0 aromatic carbocycles. The second-order valence-electron chi connectivity index (χ2n) is 18.4. The summed E-state index contributed by atoms with van der Waals surface area (Å²) >= 11 is 0. The third kappa shape index (κ3) is 44.7. The Kier molecular flexibility index (Phi) is 48.5. The van der Waals surface area contributed by atoms with Gasteiger partial charge in [-0.25, -0.2) is 0 Å². The first kappa shape index (κ1) is 57.8. The summed E-state index contributed by atoms with van der Waals surface area (Å²) in [7, 11) is 0. The highest BCUT2D eigenvalue weighted by molar-refractivity contribution is 5.76. The normalized spacial score (nSPS) is 13.5. The zero-order valence-electron chi connectivity index (χ0n) is 39.9. The van der Waals surface area contributed by atoms with Crippen LogP contribution in [0.2, 0.25) is 0 Å². The van der Waals surface area contributed by atoms with Crippen LogP contribution in [-0.2, 0) is 4.79 Å².